The minimum absolute atomic E-state index is 0.00593. The summed E-state index contributed by atoms with van der Waals surface area (Å²) in [5.74, 6) is 1.58. The molecule has 0 atom stereocenters. The third-order valence-electron chi connectivity index (χ3n) is 4.19. The number of fused-ring (bicyclic) bond motifs is 1. The molecule has 0 spiro atoms. The van der Waals surface area contributed by atoms with Crippen LogP contribution in [0.2, 0.25) is 0 Å². The van der Waals surface area contributed by atoms with Gasteiger partial charge in [-0.2, -0.15) is 0 Å². The second-order valence-electron chi connectivity index (χ2n) is 5.90. The number of hydrogen-bond donors (Lipinski definition) is 1. The zero-order chi connectivity index (χ0) is 16.8. The number of aryl methyl sites for hydroxylation is 2. The van der Waals surface area contributed by atoms with Gasteiger partial charge in [0, 0.05) is 4.88 Å². The Bertz CT molecular complexity index is 655. The van der Waals surface area contributed by atoms with E-state index in [9.17, 15) is 4.79 Å². The third kappa shape index (κ3) is 4.29. The Labute approximate surface area is 146 Å². The maximum atomic E-state index is 12.3. The fraction of sp³-hybridized carbons (Fsp3) is 0.421. The molecule has 128 valence electrons. The highest BCUT2D eigenvalue weighted by Gasteiger charge is 2.16. The lowest BCUT2D eigenvalue weighted by atomic mass is 10.1. The quantitative estimate of drug-likeness (QED) is 0.639. The molecule has 1 heterocycles. The lowest BCUT2D eigenvalue weighted by molar-refractivity contribution is 0.0951. The van der Waals surface area contributed by atoms with Crippen molar-refractivity contribution in [3.8, 4) is 11.5 Å². The summed E-state index contributed by atoms with van der Waals surface area (Å²) in [5, 5.41) is 2.94. The van der Waals surface area contributed by atoms with E-state index in [4.69, 9.17) is 9.47 Å². The summed E-state index contributed by atoms with van der Waals surface area (Å²) < 4.78 is 10.7. The van der Waals surface area contributed by atoms with Gasteiger partial charge < -0.3 is 14.8 Å². The average Bonchev–Trinajstić information content (AvgIpc) is 2.90. The first-order valence-corrected chi connectivity index (χ1v) is 9.24. The van der Waals surface area contributed by atoms with Crippen LogP contribution in [0, 0.1) is 0 Å². The number of hydrogen-bond acceptors (Lipinski definition) is 4. The van der Waals surface area contributed by atoms with Crippen molar-refractivity contribution in [2.75, 3.05) is 20.3 Å². The van der Waals surface area contributed by atoms with Gasteiger partial charge in [-0.3, -0.25) is 4.79 Å². The van der Waals surface area contributed by atoms with Crippen LogP contribution in [0.3, 0.4) is 0 Å². The van der Waals surface area contributed by atoms with Crippen molar-refractivity contribution in [3.05, 3.63) is 45.6 Å². The van der Waals surface area contributed by atoms with E-state index < -0.39 is 0 Å². The molecule has 1 N–H and O–H groups in total. The molecule has 0 aliphatic heterocycles. The minimum Gasteiger partial charge on any atom is -0.497 e. The molecular weight excluding hydrogens is 322 g/mol. The van der Waals surface area contributed by atoms with Crippen LogP contribution in [-0.4, -0.2) is 26.2 Å². The van der Waals surface area contributed by atoms with Crippen molar-refractivity contribution in [3.63, 3.8) is 0 Å². The van der Waals surface area contributed by atoms with Gasteiger partial charge in [0.2, 0.25) is 0 Å². The molecular formula is C19H23NO3S. The largest absolute Gasteiger partial charge is 0.497 e. The maximum absolute atomic E-state index is 12.3. The Kier molecular flexibility index (Phi) is 5.75. The second-order valence-corrected chi connectivity index (χ2v) is 7.04. The van der Waals surface area contributed by atoms with Crippen molar-refractivity contribution in [1.29, 1.82) is 0 Å². The summed E-state index contributed by atoms with van der Waals surface area (Å²) in [6, 6.07) is 9.50. The first kappa shape index (κ1) is 16.8. The SMILES string of the molecule is COc1ccc(OCCNC(=O)c2cc3c(s2)CCCCC3)cc1. The zero-order valence-corrected chi connectivity index (χ0v) is 14.8. The summed E-state index contributed by atoms with van der Waals surface area (Å²) in [4.78, 5) is 14.5. The zero-order valence-electron chi connectivity index (χ0n) is 14.0. The lowest BCUT2D eigenvalue weighted by Gasteiger charge is -2.07. The van der Waals surface area contributed by atoms with Crippen molar-refractivity contribution in [2.45, 2.75) is 32.1 Å². The molecule has 4 nitrogen and oxygen atoms in total. The summed E-state index contributed by atoms with van der Waals surface area (Å²) in [5.41, 5.74) is 1.37. The van der Waals surface area contributed by atoms with E-state index in [1.807, 2.05) is 24.3 Å². The molecule has 24 heavy (non-hydrogen) atoms. The number of amides is 1. The van der Waals surface area contributed by atoms with E-state index in [0.29, 0.717) is 13.2 Å². The Hall–Kier alpha value is -2.01. The summed E-state index contributed by atoms with van der Waals surface area (Å²) in [6.07, 6.45) is 6.00. The van der Waals surface area contributed by atoms with Gasteiger partial charge in [0.1, 0.15) is 18.1 Å². The number of methoxy groups -OCH3 is 1. The smallest absolute Gasteiger partial charge is 0.261 e. The summed E-state index contributed by atoms with van der Waals surface area (Å²) >= 11 is 1.65. The highest BCUT2D eigenvalue weighted by Crippen LogP contribution is 2.28. The van der Waals surface area contributed by atoms with Gasteiger partial charge in [-0.1, -0.05) is 6.42 Å². The molecule has 1 aromatic carbocycles. The number of carbonyl (C=O) groups excluding carboxylic acids is 1. The molecule has 5 heteroatoms. The van der Waals surface area contributed by atoms with E-state index >= 15 is 0 Å². The van der Waals surface area contributed by atoms with E-state index in [-0.39, 0.29) is 5.91 Å². The van der Waals surface area contributed by atoms with Crippen molar-refractivity contribution in [1.82, 2.24) is 5.32 Å². The number of benzene rings is 1. The Morgan fingerprint density at radius 2 is 1.88 bits per heavy atom. The van der Waals surface area contributed by atoms with E-state index in [2.05, 4.69) is 11.4 Å². The van der Waals surface area contributed by atoms with Gasteiger partial charge in [0.25, 0.3) is 5.91 Å². The Morgan fingerprint density at radius 3 is 2.67 bits per heavy atom. The van der Waals surface area contributed by atoms with E-state index in [0.717, 1.165) is 29.2 Å². The number of rotatable bonds is 6. The minimum atomic E-state index is 0.00593. The molecule has 0 fully saturated rings. The van der Waals surface area contributed by atoms with Gasteiger partial charge in [-0.25, -0.2) is 0 Å². The third-order valence-corrected chi connectivity index (χ3v) is 5.42. The molecule has 3 rings (SSSR count). The molecule has 0 bridgehead atoms. The van der Waals surface area contributed by atoms with Crippen molar-refractivity contribution >= 4 is 17.2 Å². The molecule has 1 amide bonds. The number of ether oxygens (including phenoxy) is 2. The van der Waals surface area contributed by atoms with Gasteiger partial charge in [-0.15, -0.1) is 11.3 Å². The van der Waals surface area contributed by atoms with Crippen LogP contribution in [0.25, 0.3) is 0 Å². The van der Waals surface area contributed by atoms with Crippen LogP contribution in [0.1, 0.15) is 39.4 Å². The Morgan fingerprint density at radius 1 is 1.12 bits per heavy atom. The summed E-state index contributed by atoms with van der Waals surface area (Å²) in [6.45, 7) is 0.941. The van der Waals surface area contributed by atoms with Gasteiger partial charge in [0.15, 0.2) is 0 Å². The van der Waals surface area contributed by atoms with Crippen molar-refractivity contribution in [2.24, 2.45) is 0 Å². The monoisotopic (exact) mass is 345 g/mol. The van der Waals surface area contributed by atoms with E-state index in [1.165, 1.54) is 29.7 Å². The van der Waals surface area contributed by atoms with Crippen molar-refractivity contribution < 1.29 is 14.3 Å². The van der Waals surface area contributed by atoms with Crippen LogP contribution < -0.4 is 14.8 Å². The molecule has 0 saturated carbocycles. The number of carbonyl (C=O) groups is 1. The van der Waals surface area contributed by atoms with Crippen LogP contribution in [-0.2, 0) is 12.8 Å². The molecule has 0 unspecified atom stereocenters. The molecule has 1 aliphatic carbocycles. The molecule has 0 saturated heterocycles. The lowest BCUT2D eigenvalue weighted by Crippen LogP contribution is -2.27. The molecule has 2 aromatic rings. The van der Waals surface area contributed by atoms with Gasteiger partial charge >= 0.3 is 0 Å². The van der Waals surface area contributed by atoms with E-state index in [1.54, 1.807) is 18.4 Å². The van der Waals surface area contributed by atoms with Gasteiger partial charge in [-0.05, 0) is 61.6 Å². The standard InChI is InChI=1S/C19H23NO3S/c1-22-15-7-9-16(10-8-15)23-12-11-20-19(21)18-13-14-5-3-2-4-6-17(14)24-18/h7-10,13H,2-6,11-12H2,1H3,(H,20,21). The predicted molar refractivity (Wildman–Crippen MR) is 96.4 cm³/mol. The first-order valence-electron chi connectivity index (χ1n) is 8.43. The topological polar surface area (TPSA) is 47.6 Å². The normalized spacial score (nSPS) is 13.7. The van der Waals surface area contributed by atoms with Crippen LogP contribution in [0.15, 0.2) is 30.3 Å². The number of nitrogens with one attached hydrogen (secondary N) is 1. The maximum Gasteiger partial charge on any atom is 0.261 e. The van der Waals surface area contributed by atoms with Crippen LogP contribution in [0.5, 0.6) is 11.5 Å². The highest BCUT2D eigenvalue weighted by molar-refractivity contribution is 7.14. The van der Waals surface area contributed by atoms with Gasteiger partial charge in [0.05, 0.1) is 18.5 Å². The highest BCUT2D eigenvalue weighted by atomic mass is 32.1. The fourth-order valence-electron chi connectivity index (χ4n) is 2.87. The molecule has 0 radical (unpaired) electrons. The molecule has 1 aliphatic rings. The van der Waals surface area contributed by atoms with Crippen LogP contribution in [0.4, 0.5) is 0 Å². The first-order chi connectivity index (χ1) is 11.8. The fourth-order valence-corrected chi connectivity index (χ4v) is 4.04. The average molecular weight is 345 g/mol. The second kappa shape index (κ2) is 8.20. The molecule has 1 aromatic heterocycles. The van der Waals surface area contributed by atoms with Crippen LogP contribution >= 0.6 is 11.3 Å². The summed E-state index contributed by atoms with van der Waals surface area (Å²) in [7, 11) is 1.63. The Balaban J connectivity index is 1.45. The number of thiophene rings is 1. The predicted octanol–water partition coefficient (Wildman–Crippen LogP) is 3.83.